The third kappa shape index (κ3) is 3.29. The molecule has 1 amide bonds. The first-order valence-corrected chi connectivity index (χ1v) is 6.52. The molecular formula is C16H19N3O. The zero-order valence-electron chi connectivity index (χ0n) is 11.5. The van der Waals surface area contributed by atoms with Crippen molar-refractivity contribution in [1.29, 1.82) is 0 Å². The van der Waals surface area contributed by atoms with Crippen LogP contribution in [-0.2, 0) is 6.42 Å². The van der Waals surface area contributed by atoms with Gasteiger partial charge in [0.15, 0.2) is 0 Å². The van der Waals surface area contributed by atoms with Crippen LogP contribution < -0.4 is 16.4 Å². The van der Waals surface area contributed by atoms with E-state index in [1.165, 1.54) is 5.56 Å². The van der Waals surface area contributed by atoms with Crippen LogP contribution >= 0.6 is 0 Å². The highest BCUT2D eigenvalue weighted by Gasteiger charge is 2.12. The fourth-order valence-electron chi connectivity index (χ4n) is 2.13. The number of benzene rings is 2. The molecule has 2 aromatic carbocycles. The summed E-state index contributed by atoms with van der Waals surface area (Å²) in [6.45, 7) is 0.785. The molecule has 0 aliphatic carbocycles. The Morgan fingerprint density at radius 1 is 1.15 bits per heavy atom. The van der Waals surface area contributed by atoms with Crippen molar-refractivity contribution < 1.29 is 4.79 Å². The van der Waals surface area contributed by atoms with Gasteiger partial charge < -0.3 is 16.4 Å². The minimum atomic E-state index is -0.438. The first kappa shape index (κ1) is 13.9. The van der Waals surface area contributed by atoms with Gasteiger partial charge in [0, 0.05) is 19.3 Å². The zero-order chi connectivity index (χ0) is 14.5. The minimum absolute atomic E-state index is 0.438. The van der Waals surface area contributed by atoms with E-state index in [4.69, 9.17) is 11.5 Å². The maximum absolute atomic E-state index is 11.5. The SMILES string of the molecule is CN(CCc1ccccc1)c1cc(N)ccc1C(N)=O. The van der Waals surface area contributed by atoms with E-state index in [9.17, 15) is 4.79 Å². The number of likely N-dealkylation sites (N-methyl/N-ethyl adjacent to an activating group) is 1. The standard InChI is InChI=1S/C16H19N3O/c1-19(10-9-12-5-3-2-4-6-12)15-11-13(17)7-8-14(15)16(18)20/h2-8,11H,9-10,17H2,1H3,(H2,18,20). The number of primary amides is 1. The van der Waals surface area contributed by atoms with Crippen LogP contribution in [0.3, 0.4) is 0 Å². The van der Waals surface area contributed by atoms with Gasteiger partial charge in [0.1, 0.15) is 0 Å². The summed E-state index contributed by atoms with van der Waals surface area (Å²) < 4.78 is 0. The van der Waals surface area contributed by atoms with Crippen LogP contribution in [0.2, 0.25) is 0 Å². The van der Waals surface area contributed by atoms with Gasteiger partial charge in [-0.05, 0) is 30.2 Å². The van der Waals surface area contributed by atoms with E-state index in [0.717, 1.165) is 18.7 Å². The van der Waals surface area contributed by atoms with Crippen LogP contribution in [0.5, 0.6) is 0 Å². The molecule has 0 spiro atoms. The molecule has 0 fully saturated rings. The molecule has 0 aliphatic rings. The van der Waals surface area contributed by atoms with E-state index >= 15 is 0 Å². The summed E-state index contributed by atoms with van der Waals surface area (Å²) in [6, 6.07) is 15.3. The second-order valence-corrected chi connectivity index (χ2v) is 4.80. The average Bonchev–Trinajstić information content (AvgIpc) is 2.45. The minimum Gasteiger partial charge on any atom is -0.399 e. The van der Waals surface area contributed by atoms with E-state index in [1.807, 2.05) is 30.1 Å². The first-order chi connectivity index (χ1) is 9.58. The average molecular weight is 269 g/mol. The maximum atomic E-state index is 11.5. The van der Waals surface area contributed by atoms with Gasteiger partial charge in [0.2, 0.25) is 0 Å². The maximum Gasteiger partial charge on any atom is 0.250 e. The molecule has 0 aliphatic heterocycles. The van der Waals surface area contributed by atoms with Crippen molar-refractivity contribution in [2.45, 2.75) is 6.42 Å². The number of amides is 1. The summed E-state index contributed by atoms with van der Waals surface area (Å²) in [7, 11) is 1.93. The highest BCUT2D eigenvalue weighted by Crippen LogP contribution is 2.22. The van der Waals surface area contributed by atoms with Gasteiger partial charge in [-0.3, -0.25) is 4.79 Å². The van der Waals surface area contributed by atoms with E-state index in [-0.39, 0.29) is 0 Å². The van der Waals surface area contributed by atoms with Crippen LogP contribution in [0.4, 0.5) is 11.4 Å². The summed E-state index contributed by atoms with van der Waals surface area (Å²) in [5.74, 6) is -0.438. The Balaban J connectivity index is 2.14. The van der Waals surface area contributed by atoms with Crippen LogP contribution in [0, 0.1) is 0 Å². The van der Waals surface area contributed by atoms with Gasteiger partial charge in [-0.1, -0.05) is 30.3 Å². The molecule has 4 nitrogen and oxygen atoms in total. The Labute approximate surface area is 119 Å². The largest absolute Gasteiger partial charge is 0.399 e. The highest BCUT2D eigenvalue weighted by molar-refractivity contribution is 5.99. The van der Waals surface area contributed by atoms with Crippen molar-refractivity contribution in [3.8, 4) is 0 Å². The number of carbonyl (C=O) groups is 1. The zero-order valence-corrected chi connectivity index (χ0v) is 11.5. The molecule has 2 rings (SSSR count). The van der Waals surface area contributed by atoms with Crippen molar-refractivity contribution in [3.05, 3.63) is 59.7 Å². The summed E-state index contributed by atoms with van der Waals surface area (Å²) in [5, 5.41) is 0. The Morgan fingerprint density at radius 3 is 2.50 bits per heavy atom. The monoisotopic (exact) mass is 269 g/mol. The van der Waals surface area contributed by atoms with Crippen molar-refractivity contribution in [1.82, 2.24) is 0 Å². The second kappa shape index (κ2) is 6.10. The van der Waals surface area contributed by atoms with Gasteiger partial charge >= 0.3 is 0 Å². The summed E-state index contributed by atoms with van der Waals surface area (Å²) in [4.78, 5) is 13.5. The molecule has 104 valence electrons. The number of nitrogens with two attached hydrogens (primary N) is 2. The summed E-state index contributed by atoms with van der Waals surface area (Å²) >= 11 is 0. The molecule has 4 heteroatoms. The Morgan fingerprint density at radius 2 is 1.85 bits per heavy atom. The van der Waals surface area contributed by atoms with Crippen molar-refractivity contribution in [2.75, 3.05) is 24.2 Å². The van der Waals surface area contributed by atoms with Gasteiger partial charge in [-0.2, -0.15) is 0 Å². The lowest BCUT2D eigenvalue weighted by Crippen LogP contribution is -2.24. The summed E-state index contributed by atoms with van der Waals surface area (Å²) in [5.41, 5.74) is 14.3. The normalized spacial score (nSPS) is 10.2. The molecule has 20 heavy (non-hydrogen) atoms. The number of nitrogen functional groups attached to an aromatic ring is 1. The molecular weight excluding hydrogens is 250 g/mol. The Kier molecular flexibility index (Phi) is 4.25. The van der Waals surface area contributed by atoms with Crippen LogP contribution in [0.1, 0.15) is 15.9 Å². The third-order valence-electron chi connectivity index (χ3n) is 3.28. The van der Waals surface area contributed by atoms with Crippen molar-refractivity contribution in [2.24, 2.45) is 5.73 Å². The number of rotatable bonds is 5. The Hall–Kier alpha value is -2.49. The quantitative estimate of drug-likeness (QED) is 0.816. The topological polar surface area (TPSA) is 72.3 Å². The first-order valence-electron chi connectivity index (χ1n) is 6.52. The van der Waals surface area contributed by atoms with Gasteiger partial charge in [0.25, 0.3) is 5.91 Å². The lowest BCUT2D eigenvalue weighted by molar-refractivity contribution is 0.100. The molecule has 0 aromatic heterocycles. The third-order valence-corrected chi connectivity index (χ3v) is 3.28. The second-order valence-electron chi connectivity index (χ2n) is 4.80. The fraction of sp³-hybridized carbons (Fsp3) is 0.188. The molecule has 0 heterocycles. The summed E-state index contributed by atoms with van der Waals surface area (Å²) in [6.07, 6.45) is 0.893. The molecule has 0 atom stereocenters. The van der Waals surface area contributed by atoms with Gasteiger partial charge in [0.05, 0.1) is 11.3 Å². The van der Waals surface area contributed by atoms with E-state index < -0.39 is 5.91 Å². The van der Waals surface area contributed by atoms with Crippen LogP contribution in [0.25, 0.3) is 0 Å². The molecule has 0 saturated heterocycles. The fourth-order valence-corrected chi connectivity index (χ4v) is 2.13. The smallest absolute Gasteiger partial charge is 0.250 e. The number of anilines is 2. The van der Waals surface area contributed by atoms with Gasteiger partial charge in [-0.15, -0.1) is 0 Å². The van der Waals surface area contributed by atoms with Gasteiger partial charge in [-0.25, -0.2) is 0 Å². The van der Waals surface area contributed by atoms with Crippen LogP contribution in [-0.4, -0.2) is 19.5 Å². The van der Waals surface area contributed by atoms with E-state index in [2.05, 4.69) is 12.1 Å². The number of hydrogen-bond donors (Lipinski definition) is 2. The molecule has 2 aromatic rings. The molecule has 4 N–H and O–H groups in total. The predicted octanol–water partition coefficient (Wildman–Crippen LogP) is 2.05. The molecule has 0 bridgehead atoms. The lowest BCUT2D eigenvalue weighted by atomic mass is 10.1. The number of hydrogen-bond acceptors (Lipinski definition) is 3. The van der Waals surface area contributed by atoms with Crippen LogP contribution in [0.15, 0.2) is 48.5 Å². The van der Waals surface area contributed by atoms with Crippen molar-refractivity contribution >= 4 is 17.3 Å². The highest BCUT2D eigenvalue weighted by atomic mass is 16.1. The number of carbonyl (C=O) groups excluding carboxylic acids is 1. The molecule has 0 unspecified atom stereocenters. The number of nitrogens with zero attached hydrogens (tertiary/aromatic N) is 1. The predicted molar refractivity (Wildman–Crippen MR) is 82.8 cm³/mol. The van der Waals surface area contributed by atoms with E-state index in [0.29, 0.717) is 11.3 Å². The van der Waals surface area contributed by atoms with E-state index in [1.54, 1.807) is 18.2 Å². The lowest BCUT2D eigenvalue weighted by Gasteiger charge is -2.22. The van der Waals surface area contributed by atoms with Crippen molar-refractivity contribution in [3.63, 3.8) is 0 Å². The molecule has 0 saturated carbocycles. The Bertz CT molecular complexity index is 596. The molecule has 0 radical (unpaired) electrons.